The molecule has 0 radical (unpaired) electrons. The van der Waals surface area contributed by atoms with E-state index >= 15 is 0 Å². The maximum absolute atomic E-state index is 13.1. The molecule has 0 saturated carbocycles. The summed E-state index contributed by atoms with van der Waals surface area (Å²) in [4.78, 5) is 26.8. The van der Waals surface area contributed by atoms with Gasteiger partial charge in [0, 0.05) is 20.0 Å². The molecule has 148 valence electrons. The fourth-order valence-electron chi connectivity index (χ4n) is 3.90. The first-order valence-electron chi connectivity index (χ1n) is 9.35. The number of methoxy groups -OCH3 is 2. The second-order valence-corrected chi connectivity index (χ2v) is 6.96. The van der Waals surface area contributed by atoms with Crippen LogP contribution in [0.1, 0.15) is 35.7 Å². The van der Waals surface area contributed by atoms with Gasteiger partial charge in [0.05, 0.1) is 25.3 Å². The van der Waals surface area contributed by atoms with E-state index in [9.17, 15) is 9.59 Å². The molecule has 0 unspecified atom stereocenters. The molecule has 2 amide bonds. The molecule has 28 heavy (non-hydrogen) atoms. The van der Waals surface area contributed by atoms with Crippen LogP contribution in [0.25, 0.3) is 0 Å². The Kier molecular flexibility index (Phi) is 5.87. The minimum absolute atomic E-state index is 0.0712. The number of amides is 2. The molecule has 0 spiro atoms. The number of para-hydroxylation sites is 1. The number of ether oxygens (including phenoxy) is 2. The molecule has 0 atom stereocenters. The van der Waals surface area contributed by atoms with Crippen LogP contribution in [0.4, 0.5) is 0 Å². The van der Waals surface area contributed by atoms with Gasteiger partial charge in [-0.25, -0.2) is 0 Å². The number of nitrogens with one attached hydrogen (secondary N) is 1. The van der Waals surface area contributed by atoms with Crippen molar-refractivity contribution in [1.29, 1.82) is 0 Å². The van der Waals surface area contributed by atoms with E-state index in [1.54, 1.807) is 30.2 Å². The Morgan fingerprint density at radius 2 is 1.64 bits per heavy atom. The van der Waals surface area contributed by atoms with Gasteiger partial charge in [-0.05, 0) is 30.5 Å². The monoisotopic (exact) mass is 382 g/mol. The maximum Gasteiger partial charge on any atom is 0.257 e. The molecule has 0 aromatic heterocycles. The van der Waals surface area contributed by atoms with Crippen molar-refractivity contribution in [2.24, 2.45) is 0 Å². The van der Waals surface area contributed by atoms with Crippen LogP contribution in [0, 0.1) is 0 Å². The van der Waals surface area contributed by atoms with E-state index in [0.717, 1.165) is 5.56 Å². The SMILES string of the molecule is COc1cccc(C(=O)N2CCC(NC(C)=O)(c3ccccc3)CC2)c1OC. The molecule has 2 aromatic carbocycles. The molecule has 6 heteroatoms. The summed E-state index contributed by atoms with van der Waals surface area (Å²) >= 11 is 0. The lowest BCUT2D eigenvalue weighted by Crippen LogP contribution is -2.53. The zero-order valence-corrected chi connectivity index (χ0v) is 16.5. The number of carbonyl (C=O) groups is 2. The number of rotatable bonds is 5. The van der Waals surface area contributed by atoms with Crippen LogP contribution >= 0.6 is 0 Å². The molecule has 2 aromatic rings. The van der Waals surface area contributed by atoms with Gasteiger partial charge in [-0.3, -0.25) is 9.59 Å². The average Bonchev–Trinajstić information content (AvgIpc) is 2.73. The Bertz CT molecular complexity index is 843. The molecule has 1 N–H and O–H groups in total. The van der Waals surface area contributed by atoms with E-state index in [4.69, 9.17) is 9.47 Å². The molecule has 1 fully saturated rings. The van der Waals surface area contributed by atoms with Gasteiger partial charge in [-0.1, -0.05) is 36.4 Å². The summed E-state index contributed by atoms with van der Waals surface area (Å²) < 4.78 is 10.7. The highest BCUT2D eigenvalue weighted by molar-refractivity contribution is 5.98. The van der Waals surface area contributed by atoms with Crippen LogP contribution in [0.15, 0.2) is 48.5 Å². The largest absolute Gasteiger partial charge is 0.493 e. The molecule has 3 rings (SSSR count). The third kappa shape index (κ3) is 3.81. The second-order valence-electron chi connectivity index (χ2n) is 6.96. The van der Waals surface area contributed by atoms with Crippen molar-refractivity contribution in [1.82, 2.24) is 10.2 Å². The standard InChI is InChI=1S/C22H26N2O4/c1-16(25)23-22(17-8-5-4-6-9-17)12-14-24(15-13-22)21(26)18-10-7-11-19(27-2)20(18)28-3/h4-11H,12-15H2,1-3H3,(H,23,25). The lowest BCUT2D eigenvalue weighted by molar-refractivity contribution is -0.121. The zero-order chi connectivity index (χ0) is 20.1. The Morgan fingerprint density at radius 1 is 0.964 bits per heavy atom. The lowest BCUT2D eigenvalue weighted by Gasteiger charge is -2.42. The highest BCUT2D eigenvalue weighted by Gasteiger charge is 2.38. The molecule has 1 heterocycles. The quantitative estimate of drug-likeness (QED) is 0.863. The summed E-state index contributed by atoms with van der Waals surface area (Å²) in [5.41, 5.74) is 1.09. The van der Waals surface area contributed by atoms with Gasteiger partial charge in [0.1, 0.15) is 0 Å². The molecule has 1 saturated heterocycles. The van der Waals surface area contributed by atoms with Crippen LogP contribution in [0.2, 0.25) is 0 Å². The zero-order valence-electron chi connectivity index (χ0n) is 16.5. The number of nitrogens with zero attached hydrogens (tertiary/aromatic N) is 1. The smallest absolute Gasteiger partial charge is 0.257 e. The fraction of sp³-hybridized carbons (Fsp3) is 0.364. The van der Waals surface area contributed by atoms with Gasteiger partial charge < -0.3 is 19.7 Å². The van der Waals surface area contributed by atoms with Crippen molar-refractivity contribution < 1.29 is 19.1 Å². The molecule has 6 nitrogen and oxygen atoms in total. The van der Waals surface area contributed by atoms with Gasteiger partial charge in [0.2, 0.25) is 5.91 Å². The Balaban J connectivity index is 1.82. The van der Waals surface area contributed by atoms with Gasteiger partial charge in [0.25, 0.3) is 5.91 Å². The summed E-state index contributed by atoms with van der Waals surface area (Å²) in [6.07, 6.45) is 1.29. The predicted octanol–water partition coefficient (Wildman–Crippen LogP) is 2.97. The van der Waals surface area contributed by atoms with E-state index in [-0.39, 0.29) is 11.8 Å². The van der Waals surface area contributed by atoms with Crippen LogP contribution in [-0.4, -0.2) is 44.0 Å². The number of hydrogen-bond donors (Lipinski definition) is 1. The van der Waals surface area contributed by atoms with Gasteiger partial charge in [0.15, 0.2) is 11.5 Å². The number of hydrogen-bond acceptors (Lipinski definition) is 4. The van der Waals surface area contributed by atoms with E-state index in [1.807, 2.05) is 30.3 Å². The number of piperidine rings is 1. The summed E-state index contributed by atoms with van der Waals surface area (Å²) in [5, 5.41) is 3.13. The van der Waals surface area contributed by atoms with Crippen LogP contribution < -0.4 is 14.8 Å². The number of benzene rings is 2. The van der Waals surface area contributed by atoms with E-state index in [1.165, 1.54) is 14.0 Å². The van der Waals surface area contributed by atoms with Gasteiger partial charge in [-0.2, -0.15) is 0 Å². The van der Waals surface area contributed by atoms with Crippen molar-refractivity contribution in [2.45, 2.75) is 25.3 Å². The van der Waals surface area contributed by atoms with Gasteiger partial charge in [-0.15, -0.1) is 0 Å². The first-order valence-corrected chi connectivity index (χ1v) is 9.35. The van der Waals surface area contributed by atoms with Crippen LogP contribution in [0.3, 0.4) is 0 Å². The normalized spacial score (nSPS) is 15.6. The minimum Gasteiger partial charge on any atom is -0.493 e. The summed E-state index contributed by atoms with van der Waals surface area (Å²) in [6.45, 7) is 2.60. The second kappa shape index (κ2) is 8.33. The number of carbonyl (C=O) groups excluding carboxylic acids is 2. The van der Waals surface area contributed by atoms with E-state index in [0.29, 0.717) is 43.0 Å². The minimum atomic E-state index is -0.456. The van der Waals surface area contributed by atoms with Crippen molar-refractivity contribution in [3.05, 3.63) is 59.7 Å². The third-order valence-corrected chi connectivity index (χ3v) is 5.28. The van der Waals surface area contributed by atoms with E-state index < -0.39 is 5.54 Å². The highest BCUT2D eigenvalue weighted by Crippen LogP contribution is 2.36. The van der Waals surface area contributed by atoms with Crippen molar-refractivity contribution in [3.63, 3.8) is 0 Å². The molecule has 0 aliphatic carbocycles. The van der Waals surface area contributed by atoms with Crippen molar-refractivity contribution >= 4 is 11.8 Å². The Labute approximate surface area is 165 Å². The van der Waals surface area contributed by atoms with Crippen molar-refractivity contribution in [2.75, 3.05) is 27.3 Å². The average molecular weight is 382 g/mol. The predicted molar refractivity (Wildman–Crippen MR) is 107 cm³/mol. The Morgan fingerprint density at radius 3 is 2.21 bits per heavy atom. The summed E-state index contributed by atoms with van der Waals surface area (Å²) in [5.74, 6) is 0.803. The summed E-state index contributed by atoms with van der Waals surface area (Å²) in [7, 11) is 3.08. The number of likely N-dealkylation sites (tertiary alicyclic amines) is 1. The van der Waals surface area contributed by atoms with Crippen molar-refractivity contribution in [3.8, 4) is 11.5 Å². The molecular formula is C22H26N2O4. The van der Waals surface area contributed by atoms with Crippen LogP contribution in [-0.2, 0) is 10.3 Å². The van der Waals surface area contributed by atoms with Crippen LogP contribution in [0.5, 0.6) is 11.5 Å². The first kappa shape index (κ1) is 19.7. The molecular weight excluding hydrogens is 356 g/mol. The molecule has 0 bridgehead atoms. The maximum atomic E-state index is 13.1. The fourth-order valence-corrected chi connectivity index (χ4v) is 3.90. The van der Waals surface area contributed by atoms with Gasteiger partial charge >= 0.3 is 0 Å². The summed E-state index contributed by atoms with van der Waals surface area (Å²) in [6, 6.07) is 15.2. The topological polar surface area (TPSA) is 67.9 Å². The Hall–Kier alpha value is -3.02. The molecule has 1 aliphatic rings. The molecule has 1 aliphatic heterocycles. The third-order valence-electron chi connectivity index (χ3n) is 5.28. The highest BCUT2D eigenvalue weighted by atomic mass is 16.5. The van der Waals surface area contributed by atoms with E-state index in [2.05, 4.69) is 5.32 Å². The lowest BCUT2D eigenvalue weighted by atomic mass is 9.80. The first-order chi connectivity index (χ1) is 13.5.